The molecule has 0 aromatic carbocycles. The van der Waals surface area contributed by atoms with Gasteiger partial charge in [0.1, 0.15) is 12.2 Å². The van der Waals surface area contributed by atoms with Crippen molar-refractivity contribution in [3.63, 3.8) is 0 Å². The molecule has 0 aliphatic rings. The topological polar surface area (TPSA) is 60.2 Å². The molecule has 1 aromatic heterocycles. The van der Waals surface area contributed by atoms with Crippen molar-refractivity contribution in [3.05, 3.63) is 12.2 Å². The number of aliphatic hydroxyl groups is 1. The number of aromatic nitrogens is 3. The second-order valence-electron chi connectivity index (χ2n) is 5.09. The van der Waals surface area contributed by atoms with Crippen LogP contribution in [-0.2, 0) is 17.7 Å². The Kier molecular flexibility index (Phi) is 6.29. The largest absolute Gasteiger partial charge is 0.390 e. The van der Waals surface area contributed by atoms with Gasteiger partial charge in [-0.3, -0.25) is 0 Å². The van der Waals surface area contributed by atoms with Crippen LogP contribution in [0.25, 0.3) is 0 Å². The summed E-state index contributed by atoms with van der Waals surface area (Å²) in [5.41, 5.74) is 0. The summed E-state index contributed by atoms with van der Waals surface area (Å²) in [4.78, 5) is 4.22. The predicted octanol–water partition coefficient (Wildman–Crippen LogP) is 1.65. The number of hydrogen-bond donors (Lipinski definition) is 1. The van der Waals surface area contributed by atoms with E-state index in [9.17, 15) is 5.11 Å². The quantitative estimate of drug-likeness (QED) is 0.767. The second-order valence-corrected chi connectivity index (χ2v) is 5.09. The van der Waals surface area contributed by atoms with Gasteiger partial charge < -0.3 is 9.84 Å². The lowest BCUT2D eigenvalue weighted by Crippen LogP contribution is -2.31. The molecule has 1 aromatic rings. The summed E-state index contributed by atoms with van der Waals surface area (Å²) in [6, 6.07) is 0. The van der Waals surface area contributed by atoms with E-state index in [4.69, 9.17) is 4.74 Å². The van der Waals surface area contributed by atoms with Crippen molar-refractivity contribution >= 4 is 0 Å². The lowest BCUT2D eigenvalue weighted by Gasteiger charge is -2.21. The van der Waals surface area contributed by atoms with Crippen LogP contribution in [0, 0.1) is 5.92 Å². The fourth-order valence-electron chi connectivity index (χ4n) is 2.01. The van der Waals surface area contributed by atoms with E-state index in [-0.39, 0.29) is 6.10 Å². The fourth-order valence-corrected chi connectivity index (χ4v) is 2.01. The van der Waals surface area contributed by atoms with Gasteiger partial charge in [0.25, 0.3) is 0 Å². The first kappa shape index (κ1) is 15.1. The van der Waals surface area contributed by atoms with Crippen LogP contribution in [0.4, 0.5) is 0 Å². The molecule has 1 N–H and O–H groups in total. The molecule has 1 rings (SSSR count). The Balaban J connectivity index is 2.63. The van der Waals surface area contributed by atoms with E-state index in [0.29, 0.717) is 12.3 Å². The van der Waals surface area contributed by atoms with Gasteiger partial charge in [0, 0.05) is 20.1 Å². The van der Waals surface area contributed by atoms with Crippen LogP contribution < -0.4 is 0 Å². The number of hydrogen-bond acceptors (Lipinski definition) is 4. The fraction of sp³-hybridized carbons (Fsp3) is 0.846. The zero-order chi connectivity index (χ0) is 13.5. The monoisotopic (exact) mass is 255 g/mol. The van der Waals surface area contributed by atoms with Crippen molar-refractivity contribution in [2.45, 2.75) is 58.8 Å². The van der Waals surface area contributed by atoms with Crippen molar-refractivity contribution in [1.29, 1.82) is 0 Å². The van der Waals surface area contributed by atoms with Crippen molar-refractivity contribution in [2.75, 3.05) is 7.11 Å². The van der Waals surface area contributed by atoms with Gasteiger partial charge in [0.05, 0.1) is 12.2 Å². The van der Waals surface area contributed by atoms with Crippen LogP contribution in [0.2, 0.25) is 0 Å². The molecule has 2 atom stereocenters. The minimum atomic E-state index is -0.523. The summed E-state index contributed by atoms with van der Waals surface area (Å²) < 4.78 is 7.18. The van der Waals surface area contributed by atoms with E-state index < -0.39 is 6.10 Å². The molecule has 0 spiro atoms. The van der Waals surface area contributed by atoms with Gasteiger partial charge >= 0.3 is 0 Å². The van der Waals surface area contributed by atoms with Gasteiger partial charge in [-0.2, -0.15) is 5.10 Å². The summed E-state index contributed by atoms with van der Waals surface area (Å²) in [5.74, 6) is 1.34. The van der Waals surface area contributed by atoms with E-state index in [1.807, 2.05) is 4.68 Å². The number of ether oxygens (including phenoxy) is 1. The average Bonchev–Trinajstić information content (AvgIpc) is 2.72. The first-order chi connectivity index (χ1) is 8.58. The third-order valence-electron chi connectivity index (χ3n) is 2.93. The Morgan fingerprint density at radius 1 is 1.44 bits per heavy atom. The highest BCUT2D eigenvalue weighted by Crippen LogP contribution is 2.11. The number of rotatable bonds is 8. The zero-order valence-corrected chi connectivity index (χ0v) is 11.8. The lowest BCUT2D eigenvalue weighted by atomic mass is 10.1. The summed E-state index contributed by atoms with van der Waals surface area (Å²) in [6.07, 6.45) is 3.24. The van der Waals surface area contributed by atoms with E-state index in [1.165, 1.54) is 0 Å². The van der Waals surface area contributed by atoms with Gasteiger partial charge in [-0.1, -0.05) is 27.2 Å². The van der Waals surface area contributed by atoms with E-state index in [2.05, 4.69) is 30.9 Å². The number of aliphatic hydroxyl groups excluding tert-OH is 1. The van der Waals surface area contributed by atoms with Crippen molar-refractivity contribution in [2.24, 2.45) is 5.92 Å². The maximum Gasteiger partial charge on any atom is 0.138 e. The zero-order valence-electron chi connectivity index (χ0n) is 11.8. The van der Waals surface area contributed by atoms with Gasteiger partial charge in [0.15, 0.2) is 0 Å². The predicted molar refractivity (Wildman–Crippen MR) is 70.3 cm³/mol. The highest BCUT2D eigenvalue weighted by molar-refractivity contribution is 4.90. The SMILES string of the molecule is CCCC(OC)C(O)Cc1ncnn1CC(C)C. The first-order valence-corrected chi connectivity index (χ1v) is 6.66. The van der Waals surface area contributed by atoms with Crippen LogP contribution in [0.3, 0.4) is 0 Å². The Labute approximate surface area is 109 Å². The third kappa shape index (κ3) is 4.38. The summed E-state index contributed by atoms with van der Waals surface area (Å²) in [6.45, 7) is 7.18. The average molecular weight is 255 g/mol. The van der Waals surface area contributed by atoms with Gasteiger partial charge in [-0.05, 0) is 12.3 Å². The smallest absolute Gasteiger partial charge is 0.138 e. The molecule has 0 radical (unpaired) electrons. The number of methoxy groups -OCH3 is 1. The number of nitrogens with zero attached hydrogens (tertiary/aromatic N) is 3. The summed E-state index contributed by atoms with van der Waals surface area (Å²) in [5, 5.41) is 14.4. The van der Waals surface area contributed by atoms with Crippen molar-refractivity contribution < 1.29 is 9.84 Å². The molecule has 0 aliphatic heterocycles. The molecule has 18 heavy (non-hydrogen) atoms. The molecule has 0 saturated heterocycles. The molecule has 5 nitrogen and oxygen atoms in total. The van der Waals surface area contributed by atoms with Crippen LogP contribution >= 0.6 is 0 Å². The molecule has 0 bridgehead atoms. The Bertz CT molecular complexity index is 339. The first-order valence-electron chi connectivity index (χ1n) is 6.66. The van der Waals surface area contributed by atoms with E-state index in [1.54, 1.807) is 13.4 Å². The maximum absolute atomic E-state index is 10.2. The van der Waals surface area contributed by atoms with E-state index in [0.717, 1.165) is 25.2 Å². The molecule has 2 unspecified atom stereocenters. The standard InChI is InChI=1S/C13H25N3O2/c1-5-6-12(18-4)11(17)7-13-14-9-15-16(13)8-10(2)3/h9-12,17H,5-8H2,1-4H3. The van der Waals surface area contributed by atoms with Crippen molar-refractivity contribution in [3.8, 4) is 0 Å². The van der Waals surface area contributed by atoms with Gasteiger partial charge in [-0.25, -0.2) is 9.67 Å². The molecule has 0 fully saturated rings. The highest BCUT2D eigenvalue weighted by atomic mass is 16.5. The third-order valence-corrected chi connectivity index (χ3v) is 2.93. The highest BCUT2D eigenvalue weighted by Gasteiger charge is 2.20. The van der Waals surface area contributed by atoms with Gasteiger partial charge in [0.2, 0.25) is 0 Å². The molecule has 0 aliphatic carbocycles. The maximum atomic E-state index is 10.2. The summed E-state index contributed by atoms with van der Waals surface area (Å²) >= 11 is 0. The molecule has 0 amide bonds. The van der Waals surface area contributed by atoms with Crippen LogP contribution in [0.1, 0.15) is 39.4 Å². The van der Waals surface area contributed by atoms with Crippen LogP contribution in [-0.4, -0.2) is 39.2 Å². The van der Waals surface area contributed by atoms with Crippen LogP contribution in [0.15, 0.2) is 6.33 Å². The lowest BCUT2D eigenvalue weighted by molar-refractivity contribution is -0.0172. The molecule has 104 valence electrons. The Hall–Kier alpha value is -0.940. The van der Waals surface area contributed by atoms with Crippen LogP contribution in [0.5, 0.6) is 0 Å². The Morgan fingerprint density at radius 2 is 2.17 bits per heavy atom. The molecular weight excluding hydrogens is 230 g/mol. The molecule has 0 saturated carbocycles. The van der Waals surface area contributed by atoms with Gasteiger partial charge in [-0.15, -0.1) is 0 Å². The van der Waals surface area contributed by atoms with E-state index >= 15 is 0 Å². The second kappa shape index (κ2) is 7.48. The minimum absolute atomic E-state index is 0.126. The molecule has 1 heterocycles. The minimum Gasteiger partial charge on any atom is -0.390 e. The molecular formula is C13H25N3O2. The Morgan fingerprint density at radius 3 is 2.72 bits per heavy atom. The normalized spacial score (nSPS) is 15.0. The molecule has 5 heteroatoms. The van der Waals surface area contributed by atoms with Crippen molar-refractivity contribution in [1.82, 2.24) is 14.8 Å². The summed E-state index contributed by atoms with van der Waals surface area (Å²) in [7, 11) is 1.64.